The highest BCUT2D eigenvalue weighted by Gasteiger charge is 2.55. The smallest absolute Gasteiger partial charge is 0.320 e. The van der Waals surface area contributed by atoms with Gasteiger partial charge in [0.25, 0.3) is 6.43 Å². The minimum atomic E-state index is -2.53. The van der Waals surface area contributed by atoms with E-state index in [-0.39, 0.29) is 22.9 Å². The fraction of sp³-hybridized carbons (Fsp3) is 0.520. The van der Waals surface area contributed by atoms with Crippen LogP contribution in [-0.4, -0.2) is 51.6 Å². The van der Waals surface area contributed by atoms with Crippen LogP contribution in [0.2, 0.25) is 0 Å². The first-order valence-electron chi connectivity index (χ1n) is 11.5. The molecule has 4 fully saturated rings. The van der Waals surface area contributed by atoms with Gasteiger partial charge in [-0.15, -0.1) is 0 Å². The summed E-state index contributed by atoms with van der Waals surface area (Å²) in [7, 11) is 0. The molecule has 2 amide bonds. The summed E-state index contributed by atoms with van der Waals surface area (Å²) in [5.74, 6) is 6.69. The lowest BCUT2D eigenvalue weighted by Crippen LogP contribution is -2.67. The Hall–Kier alpha value is -2.88. The molecule has 2 aromatic rings. The highest BCUT2D eigenvalue weighted by Crippen LogP contribution is 2.54. The lowest BCUT2D eigenvalue weighted by Gasteiger charge is -2.60. The van der Waals surface area contributed by atoms with Gasteiger partial charge in [0.15, 0.2) is 0 Å². The van der Waals surface area contributed by atoms with E-state index in [1.807, 2.05) is 16.1 Å². The summed E-state index contributed by atoms with van der Waals surface area (Å²) in [5.41, 5.74) is 1.87. The Balaban J connectivity index is 0.970. The highest BCUT2D eigenvalue weighted by atomic mass is 19.3. The molecular weight excluding hydrogens is 410 g/mol. The van der Waals surface area contributed by atoms with Gasteiger partial charge >= 0.3 is 6.03 Å². The molecule has 6 rings (SSSR count). The van der Waals surface area contributed by atoms with Gasteiger partial charge in [-0.05, 0) is 31.7 Å². The molecule has 4 aliphatic rings. The molecule has 2 saturated heterocycles. The van der Waals surface area contributed by atoms with E-state index in [4.69, 9.17) is 0 Å². The zero-order valence-corrected chi connectivity index (χ0v) is 17.9. The van der Waals surface area contributed by atoms with Crippen LogP contribution in [0.1, 0.15) is 60.9 Å². The lowest BCUT2D eigenvalue weighted by molar-refractivity contribution is -0.0748. The molecule has 1 aromatic heterocycles. The van der Waals surface area contributed by atoms with Crippen LogP contribution >= 0.6 is 0 Å². The van der Waals surface area contributed by atoms with Crippen LogP contribution in [0.3, 0.4) is 0 Å². The van der Waals surface area contributed by atoms with Gasteiger partial charge in [0.05, 0.1) is 17.9 Å². The predicted molar refractivity (Wildman–Crippen MR) is 115 cm³/mol. The van der Waals surface area contributed by atoms with E-state index >= 15 is 0 Å². The van der Waals surface area contributed by atoms with Crippen molar-refractivity contribution in [3.8, 4) is 11.8 Å². The predicted octanol–water partition coefficient (Wildman–Crippen LogP) is 4.44. The van der Waals surface area contributed by atoms with Crippen LogP contribution in [0.4, 0.5) is 13.6 Å². The molecular formula is C25H26F2N4O. The maximum atomic E-state index is 13.1. The van der Waals surface area contributed by atoms with Crippen molar-refractivity contribution < 1.29 is 13.6 Å². The van der Waals surface area contributed by atoms with Crippen molar-refractivity contribution >= 4 is 6.03 Å². The zero-order valence-electron chi connectivity index (χ0n) is 17.9. The van der Waals surface area contributed by atoms with Gasteiger partial charge in [-0.3, -0.25) is 0 Å². The summed E-state index contributed by atoms with van der Waals surface area (Å²) in [4.78, 5) is 21.0. The van der Waals surface area contributed by atoms with E-state index in [0.717, 1.165) is 25.9 Å². The Morgan fingerprint density at radius 2 is 1.88 bits per heavy atom. The fourth-order valence-corrected chi connectivity index (χ4v) is 5.36. The molecule has 0 bridgehead atoms. The number of benzene rings is 1. The van der Waals surface area contributed by atoms with E-state index in [1.165, 1.54) is 24.6 Å². The third-order valence-corrected chi connectivity index (χ3v) is 7.46. The standard InChI is InChI=1S/C25H26F2N4O/c26-23(27)21-4-2-1-3-18(21)6-5-17-11-29(12-17)24(32)31-14-25(15-31)9-20(10-25)30-13-22(28-16-30)19-7-8-19/h1-4,13,16-17,19-20,23H,7-12,14-15H2. The van der Waals surface area contributed by atoms with E-state index < -0.39 is 6.43 Å². The number of halogens is 2. The molecule has 2 saturated carbocycles. The normalized spacial score (nSPS) is 22.2. The number of aromatic nitrogens is 2. The van der Waals surface area contributed by atoms with Gasteiger partial charge in [-0.1, -0.05) is 30.0 Å². The van der Waals surface area contributed by atoms with Crippen LogP contribution < -0.4 is 0 Å². The van der Waals surface area contributed by atoms with Crippen molar-refractivity contribution in [2.75, 3.05) is 26.2 Å². The van der Waals surface area contributed by atoms with Gasteiger partial charge in [-0.25, -0.2) is 18.6 Å². The third-order valence-electron chi connectivity index (χ3n) is 7.46. The quantitative estimate of drug-likeness (QED) is 0.668. The number of likely N-dealkylation sites (tertiary alicyclic amines) is 2. The largest absolute Gasteiger partial charge is 0.334 e. The molecule has 0 radical (unpaired) electrons. The summed E-state index contributed by atoms with van der Waals surface area (Å²) in [6, 6.07) is 6.96. The number of carbonyl (C=O) groups excluding carboxylic acids is 1. The number of urea groups is 1. The molecule has 166 valence electrons. The summed E-state index contributed by atoms with van der Waals surface area (Å²) in [5, 5.41) is 0. The molecule has 2 aliphatic carbocycles. The minimum Gasteiger partial charge on any atom is -0.334 e. The Labute approximate surface area is 186 Å². The molecule has 32 heavy (non-hydrogen) atoms. The Morgan fingerprint density at radius 3 is 2.59 bits per heavy atom. The summed E-state index contributed by atoms with van der Waals surface area (Å²) in [6.45, 7) is 2.82. The maximum absolute atomic E-state index is 13.1. The fourth-order valence-electron chi connectivity index (χ4n) is 5.36. The van der Waals surface area contributed by atoms with Gasteiger partial charge in [0, 0.05) is 60.9 Å². The monoisotopic (exact) mass is 436 g/mol. The maximum Gasteiger partial charge on any atom is 0.320 e. The van der Waals surface area contributed by atoms with Crippen molar-refractivity contribution in [1.82, 2.24) is 19.4 Å². The van der Waals surface area contributed by atoms with Crippen molar-refractivity contribution in [2.24, 2.45) is 11.3 Å². The topological polar surface area (TPSA) is 41.4 Å². The van der Waals surface area contributed by atoms with Crippen molar-refractivity contribution in [3.63, 3.8) is 0 Å². The summed E-state index contributed by atoms with van der Waals surface area (Å²) >= 11 is 0. The molecule has 2 aliphatic heterocycles. The molecule has 5 nitrogen and oxygen atoms in total. The van der Waals surface area contributed by atoms with E-state index in [0.29, 0.717) is 30.6 Å². The molecule has 3 heterocycles. The Morgan fingerprint density at radius 1 is 1.12 bits per heavy atom. The number of alkyl halides is 2. The summed E-state index contributed by atoms with van der Waals surface area (Å²) in [6.07, 6.45) is 6.46. The molecule has 1 spiro atoms. The number of amides is 2. The molecule has 0 atom stereocenters. The second-order valence-corrected chi connectivity index (χ2v) is 9.98. The van der Waals surface area contributed by atoms with E-state index in [2.05, 4.69) is 27.6 Å². The number of nitrogens with zero attached hydrogens (tertiary/aromatic N) is 4. The van der Waals surface area contributed by atoms with Gasteiger partial charge in [0.2, 0.25) is 0 Å². The zero-order chi connectivity index (χ0) is 21.9. The van der Waals surface area contributed by atoms with Crippen molar-refractivity contribution in [3.05, 3.63) is 53.6 Å². The van der Waals surface area contributed by atoms with Gasteiger partial charge in [-0.2, -0.15) is 0 Å². The van der Waals surface area contributed by atoms with Crippen molar-refractivity contribution in [1.29, 1.82) is 0 Å². The van der Waals surface area contributed by atoms with Crippen LogP contribution in [-0.2, 0) is 0 Å². The Bertz CT molecular complexity index is 1090. The van der Waals surface area contributed by atoms with Crippen molar-refractivity contribution in [2.45, 2.75) is 44.1 Å². The second kappa shape index (κ2) is 7.33. The first-order valence-corrected chi connectivity index (χ1v) is 11.5. The second-order valence-electron chi connectivity index (χ2n) is 9.98. The molecule has 0 unspecified atom stereocenters. The van der Waals surface area contributed by atoms with Crippen LogP contribution in [0, 0.1) is 23.2 Å². The van der Waals surface area contributed by atoms with Crippen LogP contribution in [0.25, 0.3) is 0 Å². The average molecular weight is 437 g/mol. The highest BCUT2D eigenvalue weighted by molar-refractivity contribution is 5.76. The molecule has 0 N–H and O–H groups in total. The number of hydrogen-bond donors (Lipinski definition) is 0. The Kier molecular flexibility index (Phi) is 4.53. The number of rotatable bonds is 3. The number of imidazole rings is 1. The van der Waals surface area contributed by atoms with E-state index in [9.17, 15) is 13.6 Å². The van der Waals surface area contributed by atoms with Crippen LogP contribution in [0.15, 0.2) is 36.8 Å². The first kappa shape index (κ1) is 19.8. The third kappa shape index (κ3) is 3.46. The van der Waals surface area contributed by atoms with E-state index in [1.54, 1.807) is 18.2 Å². The van der Waals surface area contributed by atoms with Crippen LogP contribution in [0.5, 0.6) is 0 Å². The first-order chi connectivity index (χ1) is 15.5. The average Bonchev–Trinajstić information content (AvgIpc) is 3.43. The SMILES string of the molecule is O=C(N1CC(C#Cc2ccccc2C(F)F)C1)N1CC2(CC(n3cnc(C4CC4)c3)C2)C1. The molecule has 7 heteroatoms. The molecule has 1 aromatic carbocycles. The lowest BCUT2D eigenvalue weighted by atomic mass is 9.60. The number of hydrogen-bond acceptors (Lipinski definition) is 2. The summed E-state index contributed by atoms with van der Waals surface area (Å²) < 4.78 is 28.4. The van der Waals surface area contributed by atoms with Gasteiger partial charge in [0.1, 0.15) is 0 Å². The minimum absolute atomic E-state index is 0.0311. The van der Waals surface area contributed by atoms with Gasteiger partial charge < -0.3 is 14.4 Å². The number of carbonyl (C=O) groups is 1.